The van der Waals surface area contributed by atoms with Gasteiger partial charge in [-0.05, 0) is 57.9 Å². The third-order valence-electron chi connectivity index (χ3n) is 3.63. The Kier molecular flexibility index (Phi) is 2.62. The highest BCUT2D eigenvalue weighted by Gasteiger charge is 2.24. The van der Waals surface area contributed by atoms with Crippen molar-refractivity contribution in [2.45, 2.75) is 58.4 Å². The summed E-state index contributed by atoms with van der Waals surface area (Å²) < 4.78 is 0. The van der Waals surface area contributed by atoms with E-state index >= 15 is 0 Å². The largest absolute Gasteiger partial charge is 0.286 e. The Labute approximate surface area is 102 Å². The molecule has 0 unspecified atom stereocenters. The number of thiophene rings is 1. The molecule has 0 atom stereocenters. The molecule has 3 rings (SSSR count). The average molecular weight is 233 g/mol. The van der Waals surface area contributed by atoms with Gasteiger partial charge in [0.25, 0.3) is 0 Å². The van der Waals surface area contributed by atoms with Crippen LogP contribution in [0.1, 0.15) is 53.5 Å². The Morgan fingerprint density at radius 3 is 2.75 bits per heavy atom. The van der Waals surface area contributed by atoms with Crippen LogP contribution >= 0.6 is 11.3 Å². The summed E-state index contributed by atoms with van der Waals surface area (Å²) in [6, 6.07) is 0.651. The molecule has 1 nitrogen and oxygen atoms in total. The molecule has 0 aromatic carbocycles. The van der Waals surface area contributed by atoms with Gasteiger partial charge >= 0.3 is 0 Å². The maximum absolute atomic E-state index is 4.82. The van der Waals surface area contributed by atoms with Crippen LogP contribution in [0.3, 0.4) is 0 Å². The predicted octanol–water partition coefficient (Wildman–Crippen LogP) is 3.91. The summed E-state index contributed by atoms with van der Waals surface area (Å²) in [7, 11) is 0. The van der Waals surface area contributed by atoms with Crippen molar-refractivity contribution in [1.82, 2.24) is 0 Å². The standard InChI is InChI=1S/C14H19NS/c1-9(15-11-7-8-11)14-10(2)16-13-6-4-3-5-12(13)14/h11H,3-8H2,1-2H3. The van der Waals surface area contributed by atoms with Crippen molar-refractivity contribution in [3.63, 3.8) is 0 Å². The van der Waals surface area contributed by atoms with Crippen molar-refractivity contribution in [2.24, 2.45) is 4.99 Å². The summed E-state index contributed by atoms with van der Waals surface area (Å²) in [5.41, 5.74) is 4.45. The van der Waals surface area contributed by atoms with Crippen molar-refractivity contribution in [3.05, 3.63) is 20.9 Å². The molecule has 2 aliphatic rings. The Morgan fingerprint density at radius 1 is 1.25 bits per heavy atom. The van der Waals surface area contributed by atoms with Crippen LogP contribution < -0.4 is 0 Å². The zero-order chi connectivity index (χ0) is 11.1. The van der Waals surface area contributed by atoms with Gasteiger partial charge in [-0.1, -0.05) is 0 Å². The van der Waals surface area contributed by atoms with Gasteiger partial charge in [-0.15, -0.1) is 11.3 Å². The molecule has 0 aliphatic heterocycles. The van der Waals surface area contributed by atoms with Gasteiger partial charge in [-0.3, -0.25) is 4.99 Å². The minimum Gasteiger partial charge on any atom is -0.286 e. The molecule has 1 aromatic heterocycles. The van der Waals surface area contributed by atoms with E-state index in [9.17, 15) is 0 Å². The molecule has 2 heteroatoms. The maximum atomic E-state index is 4.82. The SMILES string of the molecule is CC(=NC1CC1)c1c(C)sc2c1CCCC2. The Balaban J connectivity index is 2.01. The molecular formula is C14H19NS. The molecular weight excluding hydrogens is 214 g/mol. The van der Waals surface area contributed by atoms with E-state index < -0.39 is 0 Å². The number of hydrogen-bond donors (Lipinski definition) is 0. The number of aryl methyl sites for hydroxylation is 2. The van der Waals surface area contributed by atoms with E-state index in [2.05, 4.69) is 13.8 Å². The highest BCUT2D eigenvalue weighted by atomic mass is 32.1. The van der Waals surface area contributed by atoms with Crippen LogP contribution in [-0.4, -0.2) is 11.8 Å². The molecule has 1 aromatic rings. The van der Waals surface area contributed by atoms with Gasteiger partial charge in [0, 0.05) is 21.0 Å². The zero-order valence-corrected chi connectivity index (χ0v) is 11.0. The van der Waals surface area contributed by atoms with Crippen molar-refractivity contribution in [1.29, 1.82) is 0 Å². The van der Waals surface area contributed by atoms with E-state index in [-0.39, 0.29) is 0 Å². The van der Waals surface area contributed by atoms with Crippen LogP contribution in [0.2, 0.25) is 0 Å². The molecule has 2 aliphatic carbocycles. The number of aliphatic imine (C=N–C) groups is 1. The lowest BCUT2D eigenvalue weighted by Crippen LogP contribution is -2.06. The number of hydrogen-bond acceptors (Lipinski definition) is 2. The van der Waals surface area contributed by atoms with Crippen LogP contribution in [0, 0.1) is 6.92 Å². The third-order valence-corrected chi connectivity index (χ3v) is 4.84. The molecule has 1 saturated carbocycles. The summed E-state index contributed by atoms with van der Waals surface area (Å²) in [6.07, 6.45) is 7.95. The topological polar surface area (TPSA) is 12.4 Å². The highest BCUT2D eigenvalue weighted by molar-refractivity contribution is 7.12. The number of nitrogens with zero attached hydrogens (tertiary/aromatic N) is 1. The van der Waals surface area contributed by atoms with E-state index in [0.29, 0.717) is 6.04 Å². The first kappa shape index (κ1) is 10.5. The fourth-order valence-corrected chi connectivity index (χ4v) is 4.03. The molecule has 0 N–H and O–H groups in total. The van der Waals surface area contributed by atoms with Crippen molar-refractivity contribution >= 4 is 17.0 Å². The lowest BCUT2D eigenvalue weighted by atomic mass is 9.93. The van der Waals surface area contributed by atoms with Crippen molar-refractivity contribution < 1.29 is 0 Å². The molecule has 1 fully saturated rings. The van der Waals surface area contributed by atoms with Crippen LogP contribution in [0.15, 0.2) is 4.99 Å². The average Bonchev–Trinajstić information content (AvgIpc) is 2.98. The lowest BCUT2D eigenvalue weighted by Gasteiger charge is -2.12. The Morgan fingerprint density at radius 2 is 2.00 bits per heavy atom. The van der Waals surface area contributed by atoms with Crippen molar-refractivity contribution in [3.8, 4) is 0 Å². The zero-order valence-electron chi connectivity index (χ0n) is 10.2. The second kappa shape index (κ2) is 3.99. The normalized spacial score (nSPS) is 21.0. The van der Waals surface area contributed by atoms with Gasteiger partial charge in [0.15, 0.2) is 0 Å². The molecule has 1 heterocycles. The van der Waals surface area contributed by atoms with Crippen molar-refractivity contribution in [2.75, 3.05) is 0 Å². The second-order valence-electron chi connectivity index (χ2n) is 5.09. The molecule has 0 bridgehead atoms. The molecule has 0 amide bonds. The third kappa shape index (κ3) is 1.84. The van der Waals surface area contributed by atoms with Crippen LogP contribution in [0.5, 0.6) is 0 Å². The minimum absolute atomic E-state index is 0.651. The van der Waals surface area contributed by atoms with Gasteiger partial charge in [-0.25, -0.2) is 0 Å². The van der Waals surface area contributed by atoms with Crippen LogP contribution in [0.25, 0.3) is 0 Å². The minimum atomic E-state index is 0.651. The summed E-state index contributed by atoms with van der Waals surface area (Å²) >= 11 is 2.01. The Bertz CT molecular complexity index is 438. The molecule has 0 saturated heterocycles. The van der Waals surface area contributed by atoms with E-state index in [1.165, 1.54) is 54.7 Å². The van der Waals surface area contributed by atoms with E-state index in [0.717, 1.165) is 0 Å². The summed E-state index contributed by atoms with van der Waals surface area (Å²) in [4.78, 5) is 7.96. The van der Waals surface area contributed by atoms with Crippen LogP contribution in [-0.2, 0) is 12.8 Å². The van der Waals surface area contributed by atoms with Gasteiger partial charge in [-0.2, -0.15) is 0 Å². The fourth-order valence-electron chi connectivity index (χ4n) is 2.72. The summed E-state index contributed by atoms with van der Waals surface area (Å²) in [5, 5.41) is 0. The first-order valence-corrected chi connectivity index (χ1v) is 7.23. The first-order chi connectivity index (χ1) is 7.75. The summed E-state index contributed by atoms with van der Waals surface area (Å²) in [5.74, 6) is 0. The van der Waals surface area contributed by atoms with Gasteiger partial charge < -0.3 is 0 Å². The first-order valence-electron chi connectivity index (χ1n) is 6.41. The highest BCUT2D eigenvalue weighted by Crippen LogP contribution is 2.35. The monoisotopic (exact) mass is 233 g/mol. The molecule has 0 radical (unpaired) electrons. The number of fused-ring (bicyclic) bond motifs is 1. The van der Waals surface area contributed by atoms with Gasteiger partial charge in [0.05, 0.1) is 6.04 Å². The quantitative estimate of drug-likeness (QED) is 0.687. The van der Waals surface area contributed by atoms with Gasteiger partial charge in [0.2, 0.25) is 0 Å². The van der Waals surface area contributed by atoms with E-state index in [1.54, 1.807) is 10.4 Å². The maximum Gasteiger partial charge on any atom is 0.0504 e. The Hall–Kier alpha value is -0.630. The second-order valence-corrected chi connectivity index (χ2v) is 6.40. The molecule has 0 spiro atoms. The fraction of sp³-hybridized carbons (Fsp3) is 0.643. The smallest absolute Gasteiger partial charge is 0.0504 e. The number of rotatable bonds is 2. The molecule has 16 heavy (non-hydrogen) atoms. The van der Waals surface area contributed by atoms with Gasteiger partial charge in [0.1, 0.15) is 0 Å². The predicted molar refractivity (Wildman–Crippen MR) is 70.9 cm³/mol. The van der Waals surface area contributed by atoms with E-state index in [4.69, 9.17) is 4.99 Å². The lowest BCUT2D eigenvalue weighted by molar-refractivity contribution is 0.696. The molecule has 86 valence electrons. The summed E-state index contributed by atoms with van der Waals surface area (Å²) in [6.45, 7) is 4.48. The van der Waals surface area contributed by atoms with E-state index in [1.807, 2.05) is 11.3 Å². The van der Waals surface area contributed by atoms with Crippen LogP contribution in [0.4, 0.5) is 0 Å².